The average molecular weight is 411 g/mol. The highest BCUT2D eigenvalue weighted by Crippen LogP contribution is 2.36. The molecule has 3 aromatic heterocycles. The van der Waals surface area contributed by atoms with Crippen LogP contribution in [0.3, 0.4) is 0 Å². The lowest BCUT2D eigenvalue weighted by Gasteiger charge is -2.12. The van der Waals surface area contributed by atoms with Gasteiger partial charge in [-0.3, -0.25) is 9.36 Å². The van der Waals surface area contributed by atoms with Gasteiger partial charge in [-0.2, -0.15) is 4.98 Å². The third kappa shape index (κ3) is 3.41. The number of thioether (sulfide) groups is 1. The Labute approximate surface area is 169 Å². The van der Waals surface area contributed by atoms with Gasteiger partial charge in [-0.25, -0.2) is 4.98 Å². The van der Waals surface area contributed by atoms with Crippen molar-refractivity contribution in [3.63, 3.8) is 0 Å². The standard InChI is InChI=1S/C20H18N4O2S2/c1-4-10-24-19(25)16-15(14-8-6-5-7-9-14)11-27-18(16)22-20(24)28-12(2)17-21-13(3)23-26-17/h4-9,11-12H,1,10H2,2-3H3/t12-/m1/s1. The summed E-state index contributed by atoms with van der Waals surface area (Å²) in [6, 6.07) is 9.89. The van der Waals surface area contributed by atoms with Gasteiger partial charge in [-0.15, -0.1) is 17.9 Å². The molecule has 28 heavy (non-hydrogen) atoms. The molecule has 1 aromatic carbocycles. The molecular weight excluding hydrogens is 392 g/mol. The fourth-order valence-electron chi connectivity index (χ4n) is 2.90. The number of hydrogen-bond acceptors (Lipinski definition) is 7. The third-order valence-electron chi connectivity index (χ3n) is 4.23. The highest BCUT2D eigenvalue weighted by molar-refractivity contribution is 7.99. The fraction of sp³-hybridized carbons (Fsp3) is 0.200. The van der Waals surface area contributed by atoms with E-state index in [1.165, 1.54) is 23.1 Å². The second kappa shape index (κ2) is 7.73. The molecule has 142 valence electrons. The zero-order valence-electron chi connectivity index (χ0n) is 15.5. The monoisotopic (exact) mass is 410 g/mol. The van der Waals surface area contributed by atoms with Gasteiger partial charge >= 0.3 is 0 Å². The zero-order chi connectivity index (χ0) is 19.7. The minimum absolute atomic E-state index is 0.0681. The van der Waals surface area contributed by atoms with E-state index in [9.17, 15) is 4.79 Å². The van der Waals surface area contributed by atoms with E-state index in [-0.39, 0.29) is 10.8 Å². The van der Waals surface area contributed by atoms with Gasteiger partial charge in [-0.1, -0.05) is 53.3 Å². The van der Waals surface area contributed by atoms with Crippen LogP contribution in [0.1, 0.15) is 23.9 Å². The number of rotatable bonds is 6. The van der Waals surface area contributed by atoms with Crippen LogP contribution in [-0.2, 0) is 6.54 Å². The van der Waals surface area contributed by atoms with Crippen molar-refractivity contribution in [3.8, 4) is 11.1 Å². The predicted octanol–water partition coefficient (Wildman–Crippen LogP) is 4.86. The molecule has 0 saturated carbocycles. The van der Waals surface area contributed by atoms with E-state index >= 15 is 0 Å². The first-order valence-electron chi connectivity index (χ1n) is 8.73. The van der Waals surface area contributed by atoms with Crippen molar-refractivity contribution in [1.82, 2.24) is 19.7 Å². The van der Waals surface area contributed by atoms with Crippen LogP contribution in [-0.4, -0.2) is 19.7 Å². The molecule has 0 aliphatic carbocycles. The largest absolute Gasteiger partial charge is 0.338 e. The molecule has 0 bridgehead atoms. The van der Waals surface area contributed by atoms with Crippen LogP contribution in [0.2, 0.25) is 0 Å². The fourth-order valence-corrected chi connectivity index (χ4v) is 4.84. The summed E-state index contributed by atoms with van der Waals surface area (Å²) in [5.41, 5.74) is 1.85. The lowest BCUT2D eigenvalue weighted by atomic mass is 10.1. The zero-order valence-corrected chi connectivity index (χ0v) is 17.1. The van der Waals surface area contributed by atoms with Crippen LogP contribution < -0.4 is 5.56 Å². The quantitative estimate of drug-likeness (QED) is 0.257. The summed E-state index contributed by atoms with van der Waals surface area (Å²) in [7, 11) is 0. The highest BCUT2D eigenvalue weighted by Gasteiger charge is 2.21. The van der Waals surface area contributed by atoms with Gasteiger partial charge in [0.1, 0.15) is 4.83 Å². The first-order valence-corrected chi connectivity index (χ1v) is 10.5. The average Bonchev–Trinajstić information content (AvgIpc) is 3.32. The van der Waals surface area contributed by atoms with Crippen LogP contribution in [0.4, 0.5) is 0 Å². The van der Waals surface area contributed by atoms with Gasteiger partial charge in [0.2, 0.25) is 5.89 Å². The summed E-state index contributed by atoms with van der Waals surface area (Å²) in [6.45, 7) is 7.90. The molecule has 4 aromatic rings. The Morgan fingerprint density at radius 3 is 2.79 bits per heavy atom. The number of nitrogens with zero attached hydrogens (tertiary/aromatic N) is 4. The van der Waals surface area contributed by atoms with Crippen molar-refractivity contribution >= 4 is 33.3 Å². The van der Waals surface area contributed by atoms with Gasteiger partial charge in [0, 0.05) is 17.5 Å². The van der Waals surface area contributed by atoms with Crippen LogP contribution in [0.5, 0.6) is 0 Å². The maximum absolute atomic E-state index is 13.3. The van der Waals surface area contributed by atoms with E-state index in [1.54, 1.807) is 17.6 Å². The Hall–Kier alpha value is -2.71. The topological polar surface area (TPSA) is 73.8 Å². The van der Waals surface area contributed by atoms with Crippen LogP contribution in [0.25, 0.3) is 21.3 Å². The normalized spacial score (nSPS) is 12.4. The molecule has 0 aliphatic heterocycles. The molecule has 8 heteroatoms. The number of benzene rings is 1. The number of fused-ring (bicyclic) bond motifs is 1. The molecule has 0 amide bonds. The van der Waals surface area contributed by atoms with Crippen LogP contribution in [0, 0.1) is 6.92 Å². The summed E-state index contributed by atoms with van der Waals surface area (Å²) in [4.78, 5) is 23.1. The van der Waals surface area contributed by atoms with Crippen LogP contribution >= 0.6 is 23.1 Å². The first kappa shape index (κ1) is 18.6. The predicted molar refractivity (Wildman–Crippen MR) is 113 cm³/mol. The van der Waals surface area contributed by atoms with Crippen LogP contribution in [0.15, 0.2) is 62.8 Å². The maximum atomic E-state index is 13.3. The second-order valence-electron chi connectivity index (χ2n) is 6.23. The van der Waals surface area contributed by atoms with Crippen molar-refractivity contribution in [2.75, 3.05) is 0 Å². The second-order valence-corrected chi connectivity index (χ2v) is 8.40. The lowest BCUT2D eigenvalue weighted by Crippen LogP contribution is -2.22. The highest BCUT2D eigenvalue weighted by atomic mass is 32.2. The molecule has 0 fully saturated rings. The third-order valence-corrected chi connectivity index (χ3v) is 6.18. The molecule has 0 radical (unpaired) electrons. The van der Waals surface area contributed by atoms with E-state index in [4.69, 9.17) is 9.51 Å². The number of thiophene rings is 1. The molecule has 1 atom stereocenters. The molecule has 0 saturated heterocycles. The van der Waals surface area contributed by atoms with Gasteiger partial charge < -0.3 is 4.52 Å². The summed E-state index contributed by atoms with van der Waals surface area (Å²) in [5, 5.41) is 6.96. The van der Waals surface area contributed by atoms with E-state index in [0.717, 1.165) is 16.0 Å². The Kier molecular flexibility index (Phi) is 5.15. The molecule has 4 rings (SSSR count). The summed E-state index contributed by atoms with van der Waals surface area (Å²) in [5.74, 6) is 1.10. The molecule has 0 N–H and O–H groups in total. The van der Waals surface area contributed by atoms with Gasteiger partial charge in [0.05, 0.1) is 10.6 Å². The summed E-state index contributed by atoms with van der Waals surface area (Å²) >= 11 is 2.90. The maximum Gasteiger partial charge on any atom is 0.263 e. The Bertz CT molecular complexity index is 1190. The number of aryl methyl sites for hydroxylation is 1. The minimum Gasteiger partial charge on any atom is -0.338 e. The summed E-state index contributed by atoms with van der Waals surface area (Å²) in [6.07, 6.45) is 1.70. The molecule has 3 heterocycles. The molecule has 0 unspecified atom stereocenters. The molecule has 0 aliphatic rings. The Balaban J connectivity index is 1.82. The number of hydrogen-bond donors (Lipinski definition) is 0. The summed E-state index contributed by atoms with van der Waals surface area (Å²) < 4.78 is 6.91. The number of aromatic nitrogens is 4. The van der Waals surface area contributed by atoms with Crippen molar-refractivity contribution in [2.24, 2.45) is 0 Å². The Morgan fingerprint density at radius 1 is 1.32 bits per heavy atom. The molecular formula is C20H18N4O2S2. The SMILES string of the molecule is C=CCn1c(S[C@H](C)c2nc(C)no2)nc2scc(-c3ccccc3)c2c1=O. The lowest BCUT2D eigenvalue weighted by molar-refractivity contribution is 0.376. The van der Waals surface area contributed by atoms with Crippen molar-refractivity contribution in [1.29, 1.82) is 0 Å². The van der Waals surface area contributed by atoms with E-state index in [1.807, 2.05) is 42.6 Å². The van der Waals surface area contributed by atoms with Crippen molar-refractivity contribution < 1.29 is 4.52 Å². The van der Waals surface area contributed by atoms with Crippen molar-refractivity contribution in [2.45, 2.75) is 30.8 Å². The molecule has 0 spiro atoms. The molecule has 6 nitrogen and oxygen atoms in total. The minimum atomic E-state index is -0.129. The van der Waals surface area contributed by atoms with E-state index < -0.39 is 0 Å². The Morgan fingerprint density at radius 2 is 2.11 bits per heavy atom. The van der Waals surface area contributed by atoms with Gasteiger partial charge in [-0.05, 0) is 19.4 Å². The first-order chi connectivity index (χ1) is 13.6. The van der Waals surface area contributed by atoms with Gasteiger partial charge in [0.25, 0.3) is 5.56 Å². The van der Waals surface area contributed by atoms with Crippen molar-refractivity contribution in [3.05, 3.63) is 70.4 Å². The van der Waals surface area contributed by atoms with E-state index in [0.29, 0.717) is 28.8 Å². The smallest absolute Gasteiger partial charge is 0.263 e. The van der Waals surface area contributed by atoms with Gasteiger partial charge in [0.15, 0.2) is 11.0 Å². The van der Waals surface area contributed by atoms with E-state index in [2.05, 4.69) is 16.7 Å². The number of allylic oxidation sites excluding steroid dienone is 1.